The molecule has 2 aliphatic carbocycles. The molecule has 17 heteroatoms. The van der Waals surface area contributed by atoms with E-state index in [-0.39, 0.29) is 59.0 Å². The van der Waals surface area contributed by atoms with E-state index in [2.05, 4.69) is 38.0 Å². The average Bonchev–Trinajstić information content (AvgIpc) is 4.11. The number of nitrogens with two attached hydrogens (primary N) is 3. The Morgan fingerprint density at radius 1 is 0.710 bits per heavy atom. The smallest absolute Gasteiger partial charge is 0.341 e. The summed E-state index contributed by atoms with van der Waals surface area (Å²) in [6.45, 7) is 10.2. The molecule has 1 saturated heterocycles. The summed E-state index contributed by atoms with van der Waals surface area (Å²) in [5.41, 5.74) is 23.7. The standard InChI is InChI=1S/C23H25N5O2.C15H16N4O3.C7H14N2O/c1-14-5-3-4-6-17(14)12-25-23(30)19-13-26-28(21(19)24)20-11-16(8-7-15(20)2)22(29)27-18-9-10-18;1-8-2-3-9(14(20)18-10-4-5-10)6-12(8)19-13(16)11(7-17-19)15(21)22;1-2-9-5-3-4-6(9)7(8)10/h3-8,11,13,18H,9-10,12,24H2,1-2H3,(H,25,30)(H,27,29);2-3,6-7,10H,4-5,16H2,1H3,(H,18,20)(H,21,22);6H,2-5H2,1H3,(H2,8,10). The van der Waals surface area contributed by atoms with Gasteiger partial charge in [0.15, 0.2) is 0 Å². The summed E-state index contributed by atoms with van der Waals surface area (Å²) in [7, 11) is 0. The number of carboxylic acids is 1. The van der Waals surface area contributed by atoms with Gasteiger partial charge >= 0.3 is 5.97 Å². The van der Waals surface area contributed by atoms with Crippen molar-refractivity contribution in [3.63, 3.8) is 0 Å². The Morgan fingerprint density at radius 2 is 1.23 bits per heavy atom. The predicted octanol–water partition coefficient (Wildman–Crippen LogP) is 4.20. The maximum Gasteiger partial charge on any atom is 0.341 e. The molecule has 0 radical (unpaired) electrons. The second-order valence-corrected chi connectivity index (χ2v) is 15.8. The second-order valence-electron chi connectivity index (χ2n) is 15.8. The zero-order valence-corrected chi connectivity index (χ0v) is 35.5. The van der Waals surface area contributed by atoms with Gasteiger partial charge in [-0.05, 0) is 119 Å². The molecular weight excluding hydrogens is 791 g/mol. The molecule has 326 valence electrons. The molecule has 4 amide bonds. The summed E-state index contributed by atoms with van der Waals surface area (Å²) >= 11 is 0. The second kappa shape index (κ2) is 19.6. The number of aryl methyl sites for hydroxylation is 3. The predicted molar refractivity (Wildman–Crippen MR) is 235 cm³/mol. The number of nitrogens with zero attached hydrogens (tertiary/aromatic N) is 5. The molecular formula is C45H55N11O6. The van der Waals surface area contributed by atoms with E-state index in [0.717, 1.165) is 73.9 Å². The van der Waals surface area contributed by atoms with Gasteiger partial charge in [-0.15, -0.1) is 0 Å². The first-order valence-corrected chi connectivity index (χ1v) is 20.8. The van der Waals surface area contributed by atoms with Crippen LogP contribution in [0.15, 0.2) is 73.1 Å². The van der Waals surface area contributed by atoms with Crippen molar-refractivity contribution >= 4 is 41.2 Å². The van der Waals surface area contributed by atoms with Gasteiger partial charge in [-0.25, -0.2) is 14.2 Å². The molecule has 3 heterocycles. The number of aromatic nitrogens is 4. The van der Waals surface area contributed by atoms with Crippen molar-refractivity contribution in [3.8, 4) is 11.4 Å². The minimum Gasteiger partial charge on any atom is -0.477 e. The summed E-state index contributed by atoms with van der Waals surface area (Å²) in [4.78, 5) is 61.1. The summed E-state index contributed by atoms with van der Waals surface area (Å²) in [6, 6.07) is 19.0. The maximum absolute atomic E-state index is 12.7. The van der Waals surface area contributed by atoms with Crippen LogP contribution in [-0.4, -0.2) is 90.4 Å². The molecule has 3 fully saturated rings. The number of rotatable bonds is 12. The van der Waals surface area contributed by atoms with Crippen molar-refractivity contribution in [1.82, 2.24) is 40.4 Å². The number of carbonyl (C=O) groups excluding carboxylic acids is 4. The van der Waals surface area contributed by atoms with E-state index in [1.165, 1.54) is 21.8 Å². The molecule has 8 rings (SSSR count). The van der Waals surface area contributed by atoms with Crippen LogP contribution in [-0.2, 0) is 11.3 Å². The quantitative estimate of drug-likeness (QED) is 0.0936. The highest BCUT2D eigenvalue weighted by molar-refractivity contribution is 5.99. The van der Waals surface area contributed by atoms with E-state index >= 15 is 0 Å². The van der Waals surface area contributed by atoms with Gasteiger partial charge in [-0.2, -0.15) is 10.2 Å². The number of nitrogen functional groups attached to an aromatic ring is 2. The Bertz CT molecular complexity index is 2470. The number of benzene rings is 3. The first-order chi connectivity index (χ1) is 29.7. The number of aromatic carboxylic acids is 1. The summed E-state index contributed by atoms with van der Waals surface area (Å²) in [5, 5.41) is 26.2. The van der Waals surface area contributed by atoms with Crippen molar-refractivity contribution < 1.29 is 29.1 Å². The average molecular weight is 846 g/mol. The summed E-state index contributed by atoms with van der Waals surface area (Å²) in [6.07, 6.45) is 8.80. The Labute approximate surface area is 360 Å². The van der Waals surface area contributed by atoms with Crippen LogP contribution in [0.5, 0.6) is 0 Å². The van der Waals surface area contributed by atoms with E-state index in [9.17, 15) is 24.0 Å². The van der Waals surface area contributed by atoms with Crippen LogP contribution in [0.4, 0.5) is 11.6 Å². The van der Waals surface area contributed by atoms with Crippen molar-refractivity contribution in [3.05, 3.63) is 118 Å². The molecule has 5 aromatic rings. The Morgan fingerprint density at radius 3 is 1.68 bits per heavy atom. The zero-order chi connectivity index (χ0) is 44.7. The van der Waals surface area contributed by atoms with Gasteiger partial charge in [0, 0.05) is 29.8 Å². The Kier molecular flexibility index (Phi) is 14.1. The lowest BCUT2D eigenvalue weighted by atomic mass is 10.1. The van der Waals surface area contributed by atoms with Gasteiger partial charge in [0.25, 0.3) is 17.7 Å². The number of likely N-dealkylation sites (N-methyl/N-ethyl adjacent to an activating group) is 1. The number of carboxylic acid groups (broad SMARTS) is 1. The molecule has 1 aliphatic heterocycles. The lowest BCUT2D eigenvalue weighted by Crippen LogP contribution is -2.39. The fourth-order valence-electron chi connectivity index (χ4n) is 7.00. The molecule has 3 aliphatic rings. The van der Waals surface area contributed by atoms with E-state index < -0.39 is 5.97 Å². The van der Waals surface area contributed by atoms with Crippen molar-refractivity contribution in [2.75, 3.05) is 24.6 Å². The van der Waals surface area contributed by atoms with Crippen LogP contribution in [0, 0.1) is 20.8 Å². The molecule has 2 aromatic heterocycles. The van der Waals surface area contributed by atoms with E-state index in [1.807, 2.05) is 51.1 Å². The third-order valence-corrected chi connectivity index (χ3v) is 11.1. The van der Waals surface area contributed by atoms with E-state index in [4.69, 9.17) is 22.3 Å². The normalized spacial score (nSPS) is 15.6. The van der Waals surface area contributed by atoms with Crippen molar-refractivity contribution in [2.45, 2.75) is 90.9 Å². The maximum atomic E-state index is 12.7. The molecule has 0 spiro atoms. The molecule has 10 N–H and O–H groups in total. The van der Waals surface area contributed by atoms with Crippen LogP contribution < -0.4 is 33.2 Å². The van der Waals surface area contributed by atoms with Crippen LogP contribution in [0.1, 0.15) is 109 Å². The number of hydrogen-bond donors (Lipinski definition) is 7. The fraction of sp³-hybridized carbons (Fsp3) is 0.356. The summed E-state index contributed by atoms with van der Waals surface area (Å²) in [5.74, 6) is -1.57. The Balaban J connectivity index is 0.000000175. The van der Waals surface area contributed by atoms with Gasteiger partial charge in [-0.1, -0.05) is 43.3 Å². The zero-order valence-electron chi connectivity index (χ0n) is 35.5. The van der Waals surface area contributed by atoms with Crippen molar-refractivity contribution in [2.24, 2.45) is 5.73 Å². The number of carbonyl (C=O) groups is 5. The van der Waals surface area contributed by atoms with Gasteiger partial charge in [0.2, 0.25) is 5.91 Å². The van der Waals surface area contributed by atoms with Gasteiger partial charge in [0.05, 0.1) is 29.8 Å². The van der Waals surface area contributed by atoms with Gasteiger partial charge < -0.3 is 38.3 Å². The molecule has 17 nitrogen and oxygen atoms in total. The first-order valence-electron chi connectivity index (χ1n) is 20.8. The SMILES string of the molecule is CCN1CCCC1C(N)=O.Cc1ccc(C(=O)NC2CC2)cc1-n1ncc(C(=O)O)c1N.Cc1ccccc1CNC(=O)c1cnn(-c2cc(C(=O)NC3CC3)ccc2C)c1N. The van der Waals surface area contributed by atoms with E-state index in [1.54, 1.807) is 30.3 Å². The molecule has 2 saturated carbocycles. The summed E-state index contributed by atoms with van der Waals surface area (Å²) < 4.78 is 2.85. The van der Waals surface area contributed by atoms with Crippen LogP contribution in [0.25, 0.3) is 11.4 Å². The van der Waals surface area contributed by atoms with Crippen LogP contribution in [0.3, 0.4) is 0 Å². The molecule has 0 bridgehead atoms. The molecule has 1 atom stereocenters. The third kappa shape index (κ3) is 10.8. The minimum absolute atomic E-state index is 0.0185. The number of anilines is 2. The first kappa shape index (κ1) is 44.5. The molecule has 1 unspecified atom stereocenters. The fourth-order valence-corrected chi connectivity index (χ4v) is 7.00. The largest absolute Gasteiger partial charge is 0.477 e. The lowest BCUT2D eigenvalue weighted by Gasteiger charge is -2.18. The van der Waals surface area contributed by atoms with Gasteiger partial charge in [-0.3, -0.25) is 24.1 Å². The monoisotopic (exact) mass is 845 g/mol. The van der Waals surface area contributed by atoms with Crippen molar-refractivity contribution in [1.29, 1.82) is 0 Å². The number of hydrogen-bond acceptors (Lipinski definition) is 10. The topological polar surface area (TPSA) is 259 Å². The minimum atomic E-state index is -1.14. The Hall–Kier alpha value is -7.01. The number of nitrogens with one attached hydrogen (secondary N) is 3. The lowest BCUT2D eigenvalue weighted by molar-refractivity contribution is -0.122. The molecule has 3 aromatic carbocycles. The number of amides is 4. The highest BCUT2D eigenvalue weighted by Crippen LogP contribution is 2.25. The van der Waals surface area contributed by atoms with Crippen LogP contribution >= 0.6 is 0 Å². The highest BCUT2D eigenvalue weighted by atomic mass is 16.4. The highest BCUT2D eigenvalue weighted by Gasteiger charge is 2.28. The number of primary amides is 1. The van der Waals surface area contributed by atoms with Gasteiger partial charge in [0.1, 0.15) is 22.8 Å². The number of likely N-dealkylation sites (tertiary alicyclic amines) is 1. The van der Waals surface area contributed by atoms with E-state index in [0.29, 0.717) is 34.6 Å². The molecule has 62 heavy (non-hydrogen) atoms. The third-order valence-electron chi connectivity index (χ3n) is 11.1. The van der Waals surface area contributed by atoms with Crippen LogP contribution in [0.2, 0.25) is 0 Å².